The van der Waals surface area contributed by atoms with Gasteiger partial charge in [0.05, 0.1) is 9.72 Å². The normalized spacial score (nSPS) is 11.3. The number of rotatable bonds is 10. The lowest BCUT2D eigenvalue weighted by atomic mass is 10.3. The topological polar surface area (TPSA) is 36.4 Å². The third-order valence-corrected chi connectivity index (χ3v) is 7.11. The minimum atomic E-state index is 0.107. The lowest BCUT2D eigenvalue weighted by molar-refractivity contribution is -0.118. The van der Waals surface area contributed by atoms with Crippen molar-refractivity contribution in [1.29, 1.82) is 0 Å². The highest BCUT2D eigenvalue weighted by atomic mass is 35.5. The molecule has 154 valence electrons. The van der Waals surface area contributed by atoms with E-state index >= 15 is 0 Å². The summed E-state index contributed by atoms with van der Waals surface area (Å²) in [5.74, 6) is 0.853. The van der Waals surface area contributed by atoms with Crippen LogP contribution in [0.5, 0.6) is 0 Å². The number of hydrogen-bond donors (Lipinski definition) is 0. The number of halogens is 1. The summed E-state index contributed by atoms with van der Waals surface area (Å²) in [6, 6.07) is 15.9. The van der Waals surface area contributed by atoms with Crippen molar-refractivity contribution in [2.45, 2.75) is 25.2 Å². The Morgan fingerprint density at radius 1 is 1.07 bits per heavy atom. The minimum Gasteiger partial charge on any atom is -0.302 e. The van der Waals surface area contributed by atoms with Crippen LogP contribution in [0.1, 0.15) is 20.3 Å². The molecule has 7 heteroatoms. The first-order valence-electron chi connectivity index (χ1n) is 9.88. The van der Waals surface area contributed by atoms with Crippen molar-refractivity contribution in [1.82, 2.24) is 9.88 Å². The van der Waals surface area contributed by atoms with Crippen LogP contribution >= 0.6 is 34.7 Å². The van der Waals surface area contributed by atoms with E-state index in [2.05, 4.69) is 30.9 Å². The molecule has 0 saturated heterocycles. The molecule has 3 aromatic rings. The van der Waals surface area contributed by atoms with Gasteiger partial charge in [-0.3, -0.25) is 9.69 Å². The highest BCUT2D eigenvalue weighted by Crippen LogP contribution is 2.33. The fraction of sp³-hybridized carbons (Fsp3) is 0.364. The third-order valence-electron chi connectivity index (χ3n) is 4.75. The summed E-state index contributed by atoms with van der Waals surface area (Å²) in [6.45, 7) is 7.68. The molecule has 2 aromatic carbocycles. The number of fused-ring (bicyclic) bond motifs is 1. The predicted octanol–water partition coefficient (Wildman–Crippen LogP) is 5.81. The molecule has 0 saturated carbocycles. The molecule has 0 fully saturated rings. The fourth-order valence-electron chi connectivity index (χ4n) is 3.03. The molecule has 1 heterocycles. The lowest BCUT2D eigenvalue weighted by Crippen LogP contribution is -2.39. The van der Waals surface area contributed by atoms with Crippen molar-refractivity contribution in [3.05, 3.63) is 53.6 Å². The molecule has 4 nitrogen and oxygen atoms in total. The average molecular weight is 448 g/mol. The van der Waals surface area contributed by atoms with Crippen molar-refractivity contribution < 1.29 is 4.79 Å². The number of likely N-dealkylation sites (N-methyl/N-ethyl adjacent to an activating group) is 1. The molecular formula is C22H26ClN3OS2. The zero-order valence-corrected chi connectivity index (χ0v) is 19.2. The Balaban J connectivity index is 1.74. The van der Waals surface area contributed by atoms with Crippen LogP contribution in [0.25, 0.3) is 10.2 Å². The van der Waals surface area contributed by atoms with Gasteiger partial charge in [-0.05, 0) is 37.4 Å². The van der Waals surface area contributed by atoms with Crippen LogP contribution in [0.4, 0.5) is 5.13 Å². The van der Waals surface area contributed by atoms with Gasteiger partial charge in [-0.25, -0.2) is 4.98 Å². The Hall–Kier alpha value is -1.60. The molecule has 0 N–H and O–H groups in total. The highest BCUT2D eigenvalue weighted by Gasteiger charge is 2.21. The molecule has 0 aliphatic heterocycles. The first-order chi connectivity index (χ1) is 14.1. The van der Waals surface area contributed by atoms with Crippen molar-refractivity contribution >= 4 is 56.0 Å². The SMILES string of the molecule is CCN(CC)CCN(C(=O)CCSc1ccccc1)c1nc2c(Cl)cccc2s1. The number of carbonyl (C=O) groups is 1. The van der Waals surface area contributed by atoms with Crippen molar-refractivity contribution in [2.75, 3.05) is 36.8 Å². The van der Waals surface area contributed by atoms with Crippen LogP contribution in [0.3, 0.4) is 0 Å². The standard InChI is InChI=1S/C22H26ClN3OS2/c1-3-25(4-2)14-15-26(20(27)13-16-28-17-9-6-5-7-10-17)22-24-21-18(23)11-8-12-19(21)29-22/h5-12H,3-4,13-16H2,1-2H3. The molecule has 0 unspecified atom stereocenters. The van der Waals surface area contributed by atoms with E-state index in [1.165, 1.54) is 16.2 Å². The fourth-order valence-corrected chi connectivity index (χ4v) is 5.21. The molecule has 1 aromatic heterocycles. The summed E-state index contributed by atoms with van der Waals surface area (Å²) in [5.41, 5.74) is 0.772. The van der Waals surface area contributed by atoms with Crippen molar-refractivity contribution in [3.8, 4) is 0 Å². The summed E-state index contributed by atoms with van der Waals surface area (Å²) >= 11 is 9.54. The van der Waals surface area contributed by atoms with Crippen LogP contribution in [0, 0.1) is 0 Å². The number of carbonyl (C=O) groups excluding carboxylic acids is 1. The third kappa shape index (κ3) is 5.95. The molecule has 0 atom stereocenters. The van der Waals surface area contributed by atoms with E-state index in [0.29, 0.717) is 18.0 Å². The first kappa shape index (κ1) is 22.1. The number of amides is 1. The zero-order valence-electron chi connectivity index (χ0n) is 16.8. The summed E-state index contributed by atoms with van der Waals surface area (Å²) < 4.78 is 1.01. The largest absolute Gasteiger partial charge is 0.302 e. The minimum absolute atomic E-state index is 0.107. The number of para-hydroxylation sites is 1. The molecule has 3 rings (SSSR count). The van der Waals surface area contributed by atoms with E-state index < -0.39 is 0 Å². The maximum absolute atomic E-state index is 13.1. The molecule has 1 amide bonds. The van der Waals surface area contributed by atoms with E-state index in [4.69, 9.17) is 16.6 Å². The van der Waals surface area contributed by atoms with E-state index in [0.717, 1.165) is 40.7 Å². The number of aromatic nitrogens is 1. The van der Waals surface area contributed by atoms with Crippen molar-refractivity contribution in [2.24, 2.45) is 0 Å². The van der Waals surface area contributed by atoms with Crippen LogP contribution in [-0.4, -0.2) is 47.7 Å². The zero-order chi connectivity index (χ0) is 20.6. The van der Waals surface area contributed by atoms with Crippen LogP contribution < -0.4 is 4.90 Å². The second-order valence-corrected chi connectivity index (χ2v) is 9.15. The predicted molar refractivity (Wildman–Crippen MR) is 127 cm³/mol. The smallest absolute Gasteiger partial charge is 0.229 e. The Kier molecular flexibility index (Phi) is 8.36. The van der Waals surface area contributed by atoms with Gasteiger partial charge in [-0.2, -0.15) is 0 Å². The highest BCUT2D eigenvalue weighted by molar-refractivity contribution is 7.99. The van der Waals surface area contributed by atoms with Crippen LogP contribution in [0.2, 0.25) is 5.02 Å². The molecular weight excluding hydrogens is 422 g/mol. The Labute approximate surface area is 185 Å². The van der Waals surface area contributed by atoms with Gasteiger partial charge in [-0.15, -0.1) is 11.8 Å². The first-order valence-corrected chi connectivity index (χ1v) is 12.1. The second kappa shape index (κ2) is 11.0. The molecule has 0 radical (unpaired) electrons. The van der Waals surface area contributed by atoms with E-state index in [-0.39, 0.29) is 5.91 Å². The van der Waals surface area contributed by atoms with Gasteiger partial charge in [0, 0.05) is 30.2 Å². The number of thiazole rings is 1. The van der Waals surface area contributed by atoms with Crippen LogP contribution in [-0.2, 0) is 4.79 Å². The van der Waals surface area contributed by atoms with E-state index in [1.807, 2.05) is 41.3 Å². The molecule has 29 heavy (non-hydrogen) atoms. The van der Waals surface area contributed by atoms with Crippen molar-refractivity contribution in [3.63, 3.8) is 0 Å². The summed E-state index contributed by atoms with van der Waals surface area (Å²) in [7, 11) is 0. The maximum Gasteiger partial charge on any atom is 0.229 e. The molecule has 0 aliphatic rings. The van der Waals surface area contributed by atoms with Crippen LogP contribution in [0.15, 0.2) is 53.4 Å². The number of nitrogens with zero attached hydrogens (tertiary/aromatic N) is 3. The van der Waals surface area contributed by atoms with E-state index in [1.54, 1.807) is 11.8 Å². The Morgan fingerprint density at radius 2 is 1.83 bits per heavy atom. The summed E-state index contributed by atoms with van der Waals surface area (Å²) in [6.07, 6.45) is 0.474. The van der Waals surface area contributed by atoms with Gasteiger partial charge >= 0.3 is 0 Å². The number of anilines is 1. The second-order valence-electron chi connectivity index (χ2n) is 6.57. The lowest BCUT2D eigenvalue weighted by Gasteiger charge is -2.24. The Bertz CT molecular complexity index is 928. The maximum atomic E-state index is 13.1. The molecule has 0 bridgehead atoms. The van der Waals surface area contributed by atoms with Gasteiger partial charge in [-0.1, -0.05) is 61.1 Å². The molecule has 0 aliphatic carbocycles. The van der Waals surface area contributed by atoms with Gasteiger partial charge in [0.1, 0.15) is 5.52 Å². The Morgan fingerprint density at radius 3 is 2.52 bits per heavy atom. The number of benzene rings is 2. The summed E-state index contributed by atoms with van der Waals surface area (Å²) in [4.78, 5) is 23.1. The molecule has 0 spiro atoms. The average Bonchev–Trinajstić information content (AvgIpc) is 3.17. The van der Waals surface area contributed by atoms with Gasteiger partial charge in [0.15, 0.2) is 5.13 Å². The monoisotopic (exact) mass is 447 g/mol. The van der Waals surface area contributed by atoms with Gasteiger partial charge in [0.2, 0.25) is 5.91 Å². The summed E-state index contributed by atoms with van der Waals surface area (Å²) in [5, 5.41) is 1.36. The van der Waals surface area contributed by atoms with E-state index in [9.17, 15) is 4.79 Å². The number of thioether (sulfide) groups is 1. The van der Waals surface area contributed by atoms with Gasteiger partial charge in [0.25, 0.3) is 0 Å². The quantitative estimate of drug-likeness (QED) is 0.367. The van der Waals surface area contributed by atoms with Gasteiger partial charge < -0.3 is 4.90 Å². The number of hydrogen-bond acceptors (Lipinski definition) is 5.